The number of hydrogen-bond acceptors (Lipinski definition) is 2. The summed E-state index contributed by atoms with van der Waals surface area (Å²) in [6.45, 7) is 1.50. The van der Waals surface area contributed by atoms with Crippen LogP contribution in [0.3, 0.4) is 0 Å². The van der Waals surface area contributed by atoms with Crippen molar-refractivity contribution in [3.8, 4) is 33.9 Å². The molecule has 0 aliphatic rings. The van der Waals surface area contributed by atoms with Crippen molar-refractivity contribution in [3.05, 3.63) is 97.1 Å². The quantitative estimate of drug-likeness (QED) is 0.359. The van der Waals surface area contributed by atoms with Gasteiger partial charge in [0.25, 0.3) is 0 Å². The summed E-state index contributed by atoms with van der Waals surface area (Å²) < 4.78 is 0. The van der Waals surface area contributed by atoms with Gasteiger partial charge in [0.2, 0.25) is 5.91 Å². The molecule has 0 spiro atoms. The Hall–Kier alpha value is -4.18. The molecule has 0 unspecified atom stereocenters. The standard InChI is InChI=1S/C27H21N3O/c1-18(31)28-22-16-14-21(15-17-22)27-29-25(20-9-3-2-4-10-20)26(30-27)24-13-7-11-19-8-5-6-12-23(19)24/h2-17H,1H3,(H,28,31)(H,29,30). The molecule has 0 radical (unpaired) electrons. The van der Waals surface area contributed by atoms with E-state index in [2.05, 4.69) is 64.9 Å². The van der Waals surface area contributed by atoms with Crippen LogP contribution in [-0.4, -0.2) is 15.9 Å². The van der Waals surface area contributed by atoms with Crippen LogP contribution < -0.4 is 5.32 Å². The molecular weight excluding hydrogens is 382 g/mol. The summed E-state index contributed by atoms with van der Waals surface area (Å²) in [6.07, 6.45) is 0. The van der Waals surface area contributed by atoms with E-state index >= 15 is 0 Å². The second-order valence-corrected chi connectivity index (χ2v) is 7.46. The van der Waals surface area contributed by atoms with Gasteiger partial charge in [0.1, 0.15) is 5.82 Å². The number of H-pyrrole nitrogens is 1. The zero-order chi connectivity index (χ0) is 21.2. The second kappa shape index (κ2) is 7.92. The lowest BCUT2D eigenvalue weighted by Crippen LogP contribution is -2.05. The van der Waals surface area contributed by atoms with E-state index in [1.807, 2.05) is 42.5 Å². The predicted molar refractivity (Wildman–Crippen MR) is 127 cm³/mol. The van der Waals surface area contributed by atoms with E-state index < -0.39 is 0 Å². The van der Waals surface area contributed by atoms with Crippen LogP contribution in [0, 0.1) is 0 Å². The molecule has 0 saturated heterocycles. The van der Waals surface area contributed by atoms with Gasteiger partial charge in [-0.2, -0.15) is 0 Å². The lowest BCUT2D eigenvalue weighted by Gasteiger charge is -2.07. The fourth-order valence-corrected chi connectivity index (χ4v) is 3.87. The summed E-state index contributed by atoms with van der Waals surface area (Å²) in [6, 6.07) is 32.6. The van der Waals surface area contributed by atoms with Crippen LogP contribution in [0.2, 0.25) is 0 Å². The summed E-state index contributed by atoms with van der Waals surface area (Å²) in [5, 5.41) is 5.17. The number of fused-ring (bicyclic) bond motifs is 1. The van der Waals surface area contributed by atoms with Gasteiger partial charge in [-0.05, 0) is 35.0 Å². The molecule has 0 fully saturated rings. The van der Waals surface area contributed by atoms with Gasteiger partial charge in [0, 0.05) is 29.3 Å². The Morgan fingerprint density at radius 1 is 0.774 bits per heavy atom. The summed E-state index contributed by atoms with van der Waals surface area (Å²) in [4.78, 5) is 19.9. The number of nitrogens with zero attached hydrogens (tertiary/aromatic N) is 1. The van der Waals surface area contributed by atoms with E-state index in [0.29, 0.717) is 0 Å². The Balaban J connectivity index is 1.67. The van der Waals surface area contributed by atoms with Gasteiger partial charge >= 0.3 is 0 Å². The fraction of sp³-hybridized carbons (Fsp3) is 0.0370. The molecule has 4 aromatic carbocycles. The molecule has 1 heterocycles. The monoisotopic (exact) mass is 403 g/mol. The number of benzene rings is 4. The number of carbonyl (C=O) groups excluding carboxylic acids is 1. The van der Waals surface area contributed by atoms with Crippen molar-refractivity contribution in [1.29, 1.82) is 0 Å². The fourth-order valence-electron chi connectivity index (χ4n) is 3.87. The SMILES string of the molecule is CC(=O)Nc1ccc(-c2nc(-c3ccccc3)c(-c3cccc4ccccc34)[nH]2)cc1. The lowest BCUT2D eigenvalue weighted by atomic mass is 9.99. The maximum atomic E-state index is 11.3. The smallest absolute Gasteiger partial charge is 0.221 e. The number of anilines is 1. The van der Waals surface area contributed by atoms with Crippen molar-refractivity contribution in [2.45, 2.75) is 6.92 Å². The van der Waals surface area contributed by atoms with Crippen molar-refractivity contribution in [1.82, 2.24) is 9.97 Å². The molecule has 5 rings (SSSR count). The zero-order valence-corrected chi connectivity index (χ0v) is 17.1. The van der Waals surface area contributed by atoms with Gasteiger partial charge in [0.15, 0.2) is 0 Å². The van der Waals surface area contributed by atoms with Crippen molar-refractivity contribution in [2.75, 3.05) is 5.32 Å². The topological polar surface area (TPSA) is 57.8 Å². The number of nitrogens with one attached hydrogen (secondary N) is 2. The molecule has 0 bridgehead atoms. The first-order valence-electron chi connectivity index (χ1n) is 10.2. The number of rotatable bonds is 4. The average molecular weight is 403 g/mol. The number of aromatic nitrogens is 2. The zero-order valence-electron chi connectivity index (χ0n) is 17.1. The van der Waals surface area contributed by atoms with Gasteiger partial charge in [0.05, 0.1) is 11.4 Å². The lowest BCUT2D eigenvalue weighted by molar-refractivity contribution is -0.114. The van der Waals surface area contributed by atoms with Crippen molar-refractivity contribution >= 4 is 22.4 Å². The molecule has 2 N–H and O–H groups in total. The molecular formula is C27H21N3O. The van der Waals surface area contributed by atoms with Gasteiger partial charge in [-0.25, -0.2) is 4.98 Å². The maximum Gasteiger partial charge on any atom is 0.221 e. The first kappa shape index (κ1) is 18.8. The molecule has 31 heavy (non-hydrogen) atoms. The van der Waals surface area contributed by atoms with E-state index in [-0.39, 0.29) is 5.91 Å². The van der Waals surface area contributed by atoms with Gasteiger partial charge in [-0.3, -0.25) is 4.79 Å². The number of imidazole rings is 1. The Labute approximate surface area is 180 Å². The molecule has 0 aliphatic carbocycles. The minimum absolute atomic E-state index is 0.0876. The van der Waals surface area contributed by atoms with Crippen LogP contribution in [0.15, 0.2) is 97.1 Å². The Morgan fingerprint density at radius 3 is 2.26 bits per heavy atom. The average Bonchev–Trinajstić information content (AvgIpc) is 3.25. The first-order chi connectivity index (χ1) is 15.2. The number of hydrogen-bond donors (Lipinski definition) is 2. The molecule has 4 heteroatoms. The second-order valence-electron chi connectivity index (χ2n) is 7.46. The molecule has 1 aromatic heterocycles. The van der Waals surface area contributed by atoms with Crippen LogP contribution in [-0.2, 0) is 4.79 Å². The minimum atomic E-state index is -0.0876. The molecule has 0 atom stereocenters. The van der Waals surface area contributed by atoms with E-state index in [4.69, 9.17) is 4.98 Å². The highest BCUT2D eigenvalue weighted by molar-refractivity contribution is 5.99. The summed E-state index contributed by atoms with van der Waals surface area (Å²) >= 11 is 0. The number of aromatic amines is 1. The van der Waals surface area contributed by atoms with Crippen LogP contribution in [0.1, 0.15) is 6.92 Å². The maximum absolute atomic E-state index is 11.3. The third-order valence-electron chi connectivity index (χ3n) is 5.29. The van der Waals surface area contributed by atoms with Crippen molar-refractivity contribution in [2.24, 2.45) is 0 Å². The molecule has 0 aliphatic heterocycles. The van der Waals surface area contributed by atoms with Gasteiger partial charge < -0.3 is 10.3 Å². The molecule has 4 nitrogen and oxygen atoms in total. The summed E-state index contributed by atoms with van der Waals surface area (Å²) in [7, 11) is 0. The van der Waals surface area contributed by atoms with Gasteiger partial charge in [-0.1, -0.05) is 72.8 Å². The molecule has 0 saturated carbocycles. The van der Waals surface area contributed by atoms with Crippen LogP contribution >= 0.6 is 0 Å². The van der Waals surface area contributed by atoms with E-state index in [9.17, 15) is 4.79 Å². The third-order valence-corrected chi connectivity index (χ3v) is 5.29. The first-order valence-corrected chi connectivity index (χ1v) is 10.2. The highest BCUT2D eigenvalue weighted by Crippen LogP contribution is 2.36. The van der Waals surface area contributed by atoms with E-state index in [1.165, 1.54) is 17.7 Å². The predicted octanol–water partition coefficient (Wildman–Crippen LogP) is 6.52. The molecule has 150 valence electrons. The number of carbonyl (C=O) groups is 1. The molecule has 5 aromatic rings. The number of amides is 1. The van der Waals surface area contributed by atoms with Crippen LogP contribution in [0.25, 0.3) is 44.7 Å². The van der Waals surface area contributed by atoms with Crippen molar-refractivity contribution < 1.29 is 4.79 Å². The summed E-state index contributed by atoms with van der Waals surface area (Å²) in [5.41, 5.74) is 5.80. The minimum Gasteiger partial charge on any atom is -0.337 e. The highest BCUT2D eigenvalue weighted by Gasteiger charge is 2.17. The van der Waals surface area contributed by atoms with Crippen LogP contribution in [0.5, 0.6) is 0 Å². The largest absolute Gasteiger partial charge is 0.337 e. The Morgan fingerprint density at radius 2 is 1.48 bits per heavy atom. The molecule has 1 amide bonds. The van der Waals surface area contributed by atoms with Crippen LogP contribution in [0.4, 0.5) is 5.69 Å². The Bertz CT molecular complexity index is 1360. The Kier molecular flexibility index (Phi) is 4.81. The normalized spacial score (nSPS) is 10.9. The highest BCUT2D eigenvalue weighted by atomic mass is 16.1. The third kappa shape index (κ3) is 3.71. The van der Waals surface area contributed by atoms with Gasteiger partial charge in [-0.15, -0.1) is 0 Å². The van der Waals surface area contributed by atoms with E-state index in [0.717, 1.165) is 39.6 Å². The van der Waals surface area contributed by atoms with Crippen molar-refractivity contribution in [3.63, 3.8) is 0 Å². The summed E-state index contributed by atoms with van der Waals surface area (Å²) in [5.74, 6) is 0.700. The van der Waals surface area contributed by atoms with E-state index in [1.54, 1.807) is 0 Å².